The molecular weight excluding hydrogens is 449 g/mol. The van der Waals surface area contributed by atoms with Crippen molar-refractivity contribution in [3.05, 3.63) is 94.1 Å². The molecule has 0 heterocycles. The highest BCUT2D eigenvalue weighted by molar-refractivity contribution is 14.1. The lowest BCUT2D eigenvalue weighted by Gasteiger charge is -2.26. The molecule has 0 unspecified atom stereocenters. The number of aryl methyl sites for hydroxylation is 2. The summed E-state index contributed by atoms with van der Waals surface area (Å²) >= 11 is 2.18. The van der Waals surface area contributed by atoms with E-state index >= 15 is 0 Å². The van der Waals surface area contributed by atoms with Crippen LogP contribution in [0.25, 0.3) is 0 Å². The molecule has 3 rings (SSSR count). The number of rotatable bonds is 5. The number of hydrogen-bond donors (Lipinski definition) is 0. The van der Waals surface area contributed by atoms with Gasteiger partial charge in [0.05, 0.1) is 3.57 Å². The van der Waals surface area contributed by atoms with Gasteiger partial charge in [-0.25, -0.2) is 4.79 Å². The average Bonchev–Trinajstić information content (AvgIpc) is 2.67. The monoisotopic (exact) mass is 469 g/mol. The van der Waals surface area contributed by atoms with E-state index in [1.807, 2.05) is 18.2 Å². The standard InChI is InChI=1S/C23H20INO2/c1-4-23(26)27-22-14-13-20(15-21(22)24)25(18-9-5-16(2)6-10-18)19-11-7-17(3)8-12-19/h4-15H,1H2,2-3H3. The van der Waals surface area contributed by atoms with E-state index in [0.717, 1.165) is 26.7 Å². The summed E-state index contributed by atoms with van der Waals surface area (Å²) in [6.07, 6.45) is 1.16. The van der Waals surface area contributed by atoms with Gasteiger partial charge in [0.2, 0.25) is 0 Å². The number of nitrogens with zero attached hydrogens (tertiary/aromatic N) is 1. The Morgan fingerprint density at radius 2 is 1.37 bits per heavy atom. The summed E-state index contributed by atoms with van der Waals surface area (Å²) in [5.41, 5.74) is 5.55. The Labute approximate surface area is 173 Å². The molecule has 0 radical (unpaired) electrons. The lowest BCUT2D eigenvalue weighted by Crippen LogP contribution is -2.11. The van der Waals surface area contributed by atoms with Crippen molar-refractivity contribution < 1.29 is 9.53 Å². The third kappa shape index (κ3) is 4.57. The maximum Gasteiger partial charge on any atom is 0.335 e. The summed E-state index contributed by atoms with van der Waals surface area (Å²) in [6, 6.07) is 22.6. The van der Waals surface area contributed by atoms with E-state index in [1.54, 1.807) is 0 Å². The first-order valence-electron chi connectivity index (χ1n) is 8.55. The van der Waals surface area contributed by atoms with Crippen molar-refractivity contribution in [3.8, 4) is 5.75 Å². The second-order valence-electron chi connectivity index (χ2n) is 6.25. The van der Waals surface area contributed by atoms with Crippen LogP contribution in [-0.2, 0) is 4.79 Å². The zero-order valence-corrected chi connectivity index (χ0v) is 17.4. The molecule has 4 heteroatoms. The second-order valence-corrected chi connectivity index (χ2v) is 7.41. The van der Waals surface area contributed by atoms with E-state index in [4.69, 9.17) is 4.74 Å². The third-order valence-electron chi connectivity index (χ3n) is 4.14. The van der Waals surface area contributed by atoms with Crippen molar-refractivity contribution in [2.45, 2.75) is 13.8 Å². The smallest absolute Gasteiger partial charge is 0.335 e. The maximum atomic E-state index is 11.5. The zero-order valence-electron chi connectivity index (χ0n) is 15.3. The third-order valence-corrected chi connectivity index (χ3v) is 4.98. The van der Waals surface area contributed by atoms with E-state index in [1.165, 1.54) is 11.1 Å². The number of anilines is 3. The fraction of sp³-hybridized carbons (Fsp3) is 0.0870. The summed E-state index contributed by atoms with van der Waals surface area (Å²) in [6.45, 7) is 7.59. The second kappa shape index (κ2) is 8.39. The number of esters is 1. The van der Waals surface area contributed by atoms with Crippen molar-refractivity contribution >= 4 is 45.6 Å². The molecule has 0 aliphatic carbocycles. The molecule has 3 aromatic carbocycles. The highest BCUT2D eigenvalue weighted by Gasteiger charge is 2.15. The highest BCUT2D eigenvalue weighted by Crippen LogP contribution is 2.37. The van der Waals surface area contributed by atoms with Crippen molar-refractivity contribution in [1.29, 1.82) is 0 Å². The molecule has 0 N–H and O–H groups in total. The number of benzene rings is 3. The molecule has 0 aliphatic heterocycles. The normalized spacial score (nSPS) is 10.3. The minimum absolute atomic E-state index is 0.463. The number of carbonyl (C=O) groups excluding carboxylic acids is 1. The minimum Gasteiger partial charge on any atom is -0.422 e. The predicted octanol–water partition coefficient (Wildman–Crippen LogP) is 6.47. The van der Waals surface area contributed by atoms with Crippen LogP contribution in [0, 0.1) is 17.4 Å². The Kier molecular flexibility index (Phi) is 5.96. The highest BCUT2D eigenvalue weighted by atomic mass is 127. The van der Waals surface area contributed by atoms with Crippen LogP contribution in [0.2, 0.25) is 0 Å². The van der Waals surface area contributed by atoms with E-state index in [-0.39, 0.29) is 0 Å². The Morgan fingerprint density at radius 3 is 1.81 bits per heavy atom. The minimum atomic E-state index is -0.463. The van der Waals surface area contributed by atoms with Crippen LogP contribution in [0.5, 0.6) is 5.75 Å². The molecule has 3 aromatic rings. The summed E-state index contributed by atoms with van der Waals surface area (Å²) in [4.78, 5) is 13.7. The Hall–Kier alpha value is -2.60. The number of ether oxygens (including phenoxy) is 1. The Bertz CT molecular complexity index is 917. The summed E-state index contributed by atoms with van der Waals surface area (Å²) in [5.74, 6) is 0.0617. The lowest BCUT2D eigenvalue weighted by atomic mass is 10.1. The van der Waals surface area contributed by atoms with E-state index < -0.39 is 5.97 Å². The van der Waals surface area contributed by atoms with Crippen LogP contribution in [0.4, 0.5) is 17.1 Å². The molecule has 0 aliphatic rings. The molecule has 0 aromatic heterocycles. The molecule has 3 nitrogen and oxygen atoms in total. The van der Waals surface area contributed by atoms with Crippen molar-refractivity contribution in [2.75, 3.05) is 4.90 Å². The first kappa shape index (κ1) is 19.2. The zero-order chi connectivity index (χ0) is 19.4. The van der Waals surface area contributed by atoms with Gasteiger partial charge < -0.3 is 9.64 Å². The molecule has 0 amide bonds. The fourth-order valence-corrected chi connectivity index (χ4v) is 3.31. The van der Waals surface area contributed by atoms with Gasteiger partial charge in [0.15, 0.2) is 0 Å². The maximum absolute atomic E-state index is 11.5. The van der Waals surface area contributed by atoms with Crippen LogP contribution < -0.4 is 9.64 Å². The van der Waals surface area contributed by atoms with Gasteiger partial charge in [-0.2, -0.15) is 0 Å². The van der Waals surface area contributed by atoms with Gasteiger partial charge in [0.1, 0.15) is 5.75 Å². The van der Waals surface area contributed by atoms with Gasteiger partial charge >= 0.3 is 5.97 Å². The van der Waals surface area contributed by atoms with Crippen LogP contribution in [0.1, 0.15) is 11.1 Å². The SMILES string of the molecule is C=CC(=O)Oc1ccc(N(c2ccc(C)cc2)c2ccc(C)cc2)cc1I. The molecule has 0 bridgehead atoms. The molecule has 27 heavy (non-hydrogen) atoms. The molecule has 0 atom stereocenters. The van der Waals surface area contributed by atoms with E-state index in [0.29, 0.717) is 5.75 Å². The van der Waals surface area contributed by atoms with Gasteiger partial charge in [0.25, 0.3) is 0 Å². The average molecular weight is 469 g/mol. The lowest BCUT2D eigenvalue weighted by molar-refractivity contribution is -0.129. The van der Waals surface area contributed by atoms with Crippen LogP contribution in [-0.4, -0.2) is 5.97 Å². The largest absolute Gasteiger partial charge is 0.422 e. The first-order chi connectivity index (χ1) is 13.0. The topological polar surface area (TPSA) is 29.5 Å². The van der Waals surface area contributed by atoms with E-state index in [9.17, 15) is 4.79 Å². The molecule has 0 saturated heterocycles. The summed E-state index contributed by atoms with van der Waals surface area (Å²) < 4.78 is 6.14. The number of halogens is 1. The predicted molar refractivity (Wildman–Crippen MR) is 119 cm³/mol. The van der Waals surface area contributed by atoms with Gasteiger partial charge in [-0.05, 0) is 78.9 Å². The molecule has 136 valence electrons. The molecule has 0 saturated carbocycles. The van der Waals surface area contributed by atoms with Crippen LogP contribution in [0.3, 0.4) is 0 Å². The van der Waals surface area contributed by atoms with Crippen LogP contribution >= 0.6 is 22.6 Å². The first-order valence-corrected chi connectivity index (χ1v) is 9.63. The Balaban J connectivity index is 2.06. The number of hydrogen-bond acceptors (Lipinski definition) is 3. The van der Waals surface area contributed by atoms with Gasteiger partial charge in [-0.15, -0.1) is 0 Å². The van der Waals surface area contributed by atoms with Crippen molar-refractivity contribution in [2.24, 2.45) is 0 Å². The van der Waals surface area contributed by atoms with Crippen LogP contribution in [0.15, 0.2) is 79.4 Å². The van der Waals surface area contributed by atoms with Gasteiger partial charge in [-0.1, -0.05) is 42.0 Å². The quantitative estimate of drug-likeness (QED) is 0.186. The fourth-order valence-electron chi connectivity index (χ4n) is 2.70. The van der Waals surface area contributed by atoms with Gasteiger partial charge in [-0.3, -0.25) is 0 Å². The summed E-state index contributed by atoms with van der Waals surface area (Å²) in [5, 5.41) is 0. The Morgan fingerprint density at radius 1 is 0.889 bits per heavy atom. The summed E-state index contributed by atoms with van der Waals surface area (Å²) in [7, 11) is 0. The van der Waals surface area contributed by atoms with E-state index in [2.05, 4.69) is 96.4 Å². The van der Waals surface area contributed by atoms with Gasteiger partial charge in [0, 0.05) is 23.1 Å². The number of carbonyl (C=O) groups is 1. The van der Waals surface area contributed by atoms with Crippen molar-refractivity contribution in [1.82, 2.24) is 0 Å². The molecule has 0 spiro atoms. The molecule has 0 fully saturated rings. The molecular formula is C23H20INO2. The van der Waals surface area contributed by atoms with Crippen molar-refractivity contribution in [3.63, 3.8) is 0 Å².